The van der Waals surface area contributed by atoms with E-state index in [4.69, 9.17) is 84.6 Å². The van der Waals surface area contributed by atoms with Gasteiger partial charge in [0.25, 0.3) is 11.1 Å². The first-order valence-corrected chi connectivity index (χ1v) is 32.7. The van der Waals surface area contributed by atoms with Crippen LogP contribution in [0, 0.1) is 0 Å². The van der Waals surface area contributed by atoms with Crippen LogP contribution in [0.4, 0.5) is 0 Å². The topological polar surface area (TPSA) is 170 Å². The molecule has 2 aliphatic carbocycles. The molecular formula is C54H56Cl4N2O14Ti. The molecule has 21 heteroatoms. The first kappa shape index (κ1) is 55.8. The van der Waals surface area contributed by atoms with Gasteiger partial charge in [-0.2, -0.15) is 0 Å². The molecule has 6 aliphatic rings. The number of methoxy groups -OCH3 is 4. The minimum absolute atomic E-state index is 0.0823. The molecule has 0 N–H and O–H groups in total. The van der Waals surface area contributed by atoms with Crippen molar-refractivity contribution in [2.45, 2.75) is 64.6 Å². The van der Waals surface area contributed by atoms with Crippen LogP contribution in [0.5, 0.6) is 46.0 Å². The second kappa shape index (κ2) is 23.9. The molecule has 2 atom stereocenters. The zero-order valence-corrected chi connectivity index (χ0v) is 47.2. The summed E-state index contributed by atoms with van der Waals surface area (Å²) in [5, 5.41) is 2.38. The van der Waals surface area contributed by atoms with E-state index >= 15 is 0 Å². The summed E-state index contributed by atoms with van der Waals surface area (Å²) in [5.41, 5.74) is 6.88. The molecule has 6 heterocycles. The van der Waals surface area contributed by atoms with Crippen LogP contribution in [0.15, 0.2) is 64.2 Å². The Kier molecular flexibility index (Phi) is 17.7. The molecule has 2 saturated heterocycles. The first-order chi connectivity index (χ1) is 36.0. The number of aromatic nitrogens is 2. The van der Waals surface area contributed by atoms with Crippen molar-refractivity contribution in [1.82, 2.24) is 9.13 Å². The number of carbonyl (C=O) groups is 2. The summed E-state index contributed by atoms with van der Waals surface area (Å²) >= 11 is -3.11. The third kappa shape index (κ3) is 11.2. The molecule has 4 aliphatic heterocycles. The van der Waals surface area contributed by atoms with Gasteiger partial charge in [0.1, 0.15) is 6.29 Å². The number of fused-ring (bicyclic) bond motifs is 12. The first-order valence-electron chi connectivity index (χ1n) is 24.2. The maximum absolute atomic E-state index is 13.3. The molecule has 4 aromatic carbocycles. The molecule has 2 aromatic heterocycles. The van der Waals surface area contributed by atoms with E-state index in [1.807, 2.05) is 25.1 Å². The van der Waals surface area contributed by atoms with E-state index in [-0.39, 0.29) is 30.5 Å². The van der Waals surface area contributed by atoms with Crippen LogP contribution < -0.4 is 49.0 Å². The zero-order chi connectivity index (χ0) is 53.9. The van der Waals surface area contributed by atoms with Gasteiger partial charge in [-0.25, -0.2) is 0 Å². The van der Waals surface area contributed by atoms with Crippen LogP contribution in [0.2, 0.25) is 0 Å². The molecule has 0 saturated carbocycles. The number of rotatable bonds is 7. The van der Waals surface area contributed by atoms with Crippen LogP contribution in [0.25, 0.3) is 49.6 Å². The third-order valence-corrected chi connectivity index (χ3v) is 13.3. The van der Waals surface area contributed by atoms with Crippen LogP contribution in [0.1, 0.15) is 79.4 Å². The van der Waals surface area contributed by atoms with Gasteiger partial charge < -0.3 is 61.3 Å². The van der Waals surface area contributed by atoms with Gasteiger partial charge in [-0.15, -0.1) is 0 Å². The van der Waals surface area contributed by atoms with E-state index in [0.29, 0.717) is 97.4 Å². The van der Waals surface area contributed by atoms with Crippen molar-refractivity contribution >= 4 is 76.4 Å². The molecule has 12 rings (SSSR count). The van der Waals surface area contributed by atoms with Gasteiger partial charge in [-0.3, -0.25) is 14.4 Å². The Morgan fingerprint density at radius 2 is 0.920 bits per heavy atom. The Bertz CT molecular complexity index is 3320. The summed E-state index contributed by atoms with van der Waals surface area (Å²) in [6.07, 6.45) is 10.3. The fourth-order valence-corrected chi connectivity index (χ4v) is 9.98. The van der Waals surface area contributed by atoms with Crippen molar-refractivity contribution in [2.75, 3.05) is 55.2 Å². The van der Waals surface area contributed by atoms with Gasteiger partial charge in [-0.1, -0.05) is 19.9 Å². The number of hydrogen-bond acceptors (Lipinski definition) is 14. The maximum atomic E-state index is 13.3. The zero-order valence-electron chi connectivity index (χ0n) is 42.6. The number of hydrogen-bond donors (Lipinski definition) is 0. The quantitative estimate of drug-likeness (QED) is 0.109. The summed E-state index contributed by atoms with van der Waals surface area (Å²) < 4.78 is 57.9. The molecular weight excluding hydrogens is 1090 g/mol. The summed E-state index contributed by atoms with van der Waals surface area (Å²) in [4.78, 5) is 48.7. The SMILES string of the molecule is C1COC(C2CCCO2)C1.CC/C=C1\c2cc3c(cc2-c2c1c1cc(OC)c(OC)cc1c(=O)n2C)OCO3.CCC=O.COc1cc2c3c(n(C)c(=O)c2cc1OC)-c1cc2c(cc1C3=O)OCO2.[Cl][Ti]([Cl])([Cl])[Cl]. The number of nitrogens with zero attached hydrogens (tertiary/aromatic N) is 2. The van der Waals surface area contributed by atoms with Crippen LogP contribution in [-0.4, -0.2) is 88.7 Å². The van der Waals surface area contributed by atoms with Crippen LogP contribution in [-0.2, 0) is 40.7 Å². The molecule has 2 fully saturated rings. The van der Waals surface area contributed by atoms with Gasteiger partial charge >= 0.3 is 49.6 Å². The van der Waals surface area contributed by atoms with Gasteiger partial charge in [0, 0.05) is 66.8 Å². The van der Waals surface area contributed by atoms with E-state index in [1.54, 1.807) is 63.2 Å². The van der Waals surface area contributed by atoms with Crippen molar-refractivity contribution in [2.24, 2.45) is 14.1 Å². The monoisotopic (exact) mass is 1140 g/mol. The number of ketones is 1. The molecule has 6 aromatic rings. The van der Waals surface area contributed by atoms with E-state index < -0.39 is 12.3 Å². The summed E-state index contributed by atoms with van der Waals surface area (Å²) in [7, 11) is 29.7. The molecule has 0 radical (unpaired) electrons. The Balaban J connectivity index is 0.000000149. The van der Waals surface area contributed by atoms with Crippen molar-refractivity contribution < 1.29 is 69.3 Å². The number of aldehydes is 1. The predicted molar refractivity (Wildman–Crippen MR) is 286 cm³/mol. The number of pyridine rings is 2. The van der Waals surface area contributed by atoms with Crippen LogP contribution >= 0.6 is 37.2 Å². The fourth-order valence-electron chi connectivity index (χ4n) is 9.98. The van der Waals surface area contributed by atoms with Gasteiger partial charge in [0.05, 0.1) is 68.4 Å². The van der Waals surface area contributed by atoms with Gasteiger partial charge in [0.2, 0.25) is 13.6 Å². The average Bonchev–Trinajstić information content (AvgIpc) is 4.30. The third-order valence-electron chi connectivity index (χ3n) is 13.3. The summed E-state index contributed by atoms with van der Waals surface area (Å²) in [6.45, 7) is 6.14. The Hall–Kier alpha value is -5.43. The van der Waals surface area contributed by atoms with E-state index in [0.717, 1.165) is 65.0 Å². The van der Waals surface area contributed by atoms with Crippen LogP contribution in [0.3, 0.4) is 0 Å². The summed E-state index contributed by atoms with van der Waals surface area (Å²) in [6, 6.07) is 14.4. The van der Waals surface area contributed by atoms with Crippen molar-refractivity contribution in [1.29, 1.82) is 0 Å². The molecule has 0 amide bonds. The number of allylic oxidation sites excluding steroid dienone is 1. The Morgan fingerprint density at radius 3 is 1.29 bits per heavy atom. The second-order valence-corrected chi connectivity index (χ2v) is 33.1. The molecule has 2 unspecified atom stereocenters. The Morgan fingerprint density at radius 1 is 0.560 bits per heavy atom. The molecule has 16 nitrogen and oxygen atoms in total. The Labute approximate surface area is 451 Å². The van der Waals surface area contributed by atoms with E-state index in [1.165, 1.54) is 44.5 Å². The van der Waals surface area contributed by atoms with Crippen molar-refractivity contribution in [3.8, 4) is 68.5 Å². The minimum atomic E-state index is -3.11. The number of benzene rings is 4. The van der Waals surface area contributed by atoms with Gasteiger partial charge in [-0.05, 0) is 91.8 Å². The van der Waals surface area contributed by atoms with E-state index in [9.17, 15) is 19.2 Å². The molecule has 75 heavy (non-hydrogen) atoms. The number of carbonyl (C=O) groups excluding carboxylic acids is 2. The standard InChI is InChI=1S/C23H21NO5.C20H15NO6.C8H14O2.C3H6O.4ClH.Ti/c1-5-6-12-13-7-19-20(29-11-28-19)9-15(13)22-21(12)14-8-17(26-3)18(27-4)10-16(14)23(25)24(22)2;1-21-18-10-5-15-16(27-8-26-15)6-11(10)19(22)17(18)9-4-13(24-2)14(25-3)7-12(9)20(21)23;1-3-7(9-5-1)8-4-2-6-10-8;1-2-3-4;;;;;/h6-10H,5,11H2,1-4H3;4-7H,8H2,1-3H3;7-8H,1-6H2;3H,2H2,1H3;4*1H;/q;;;;;;;;+4/p-4/b12-6+;;;;;;;;. The number of ether oxygens (including phenoxy) is 10. The molecule has 398 valence electrons. The summed E-state index contributed by atoms with van der Waals surface area (Å²) in [5.74, 6) is 4.39. The average molecular weight is 1150 g/mol. The van der Waals surface area contributed by atoms with Crippen molar-refractivity contribution in [3.05, 3.63) is 97.6 Å². The molecule has 0 bridgehead atoms. The van der Waals surface area contributed by atoms with Crippen molar-refractivity contribution in [3.63, 3.8) is 0 Å². The van der Waals surface area contributed by atoms with Gasteiger partial charge in [0.15, 0.2) is 51.8 Å². The molecule has 0 spiro atoms. The normalized spacial score (nSPS) is 17.3. The number of halogens is 4. The second-order valence-electron chi connectivity index (χ2n) is 17.6. The predicted octanol–water partition coefficient (Wildman–Crippen LogP) is 11.3. The van der Waals surface area contributed by atoms with E-state index in [2.05, 4.69) is 13.0 Å². The fraction of sp³-hybridized carbons (Fsp3) is 0.370.